The standard InChI is InChI=1S/6C9H9NOS.C6H3.3Bi/c6*1-2-10-9(11)7-3-5-8(12)6-4-7;1-2-4-6-5-3-1;;;/h6*2-6,12H,1H2,(H,10,11);1,4-5H;;;/q;;;;;;;3*+2/p-6. The van der Waals surface area contributed by atoms with Gasteiger partial charge in [0.05, 0.1) is 0 Å². The van der Waals surface area contributed by atoms with Gasteiger partial charge in [-0.1, -0.05) is 0 Å². The molecule has 0 saturated carbocycles. The molecule has 21 heteroatoms. The molecular formula is C60H51Bi3N6O6S6. The Bertz CT molecular complexity index is 2890. The van der Waals surface area contributed by atoms with E-state index in [4.69, 9.17) is 0 Å². The maximum atomic E-state index is 12.9. The first-order valence-corrected chi connectivity index (χ1v) is 59.5. The van der Waals surface area contributed by atoms with Crippen LogP contribution in [0.5, 0.6) is 0 Å². The van der Waals surface area contributed by atoms with Crippen LogP contribution in [0.1, 0.15) is 62.1 Å². The van der Waals surface area contributed by atoms with Gasteiger partial charge in [-0.2, -0.15) is 0 Å². The second-order valence-electron chi connectivity index (χ2n) is 16.2. The number of rotatable bonds is 27. The Morgan fingerprint density at radius 3 is 0.519 bits per heavy atom. The van der Waals surface area contributed by atoms with Crippen molar-refractivity contribution in [2.45, 2.75) is 29.4 Å². The van der Waals surface area contributed by atoms with E-state index in [-0.39, 0.29) is 35.4 Å². The summed E-state index contributed by atoms with van der Waals surface area (Å²) in [5.74, 6) is -1.56. The van der Waals surface area contributed by atoms with E-state index in [1.54, 1.807) is 0 Å². The third-order valence-electron chi connectivity index (χ3n) is 10.7. The van der Waals surface area contributed by atoms with Crippen LogP contribution in [0.15, 0.2) is 270 Å². The Kier molecular flexibility index (Phi) is 25.3. The molecule has 81 heavy (non-hydrogen) atoms. The van der Waals surface area contributed by atoms with Gasteiger partial charge in [-0.25, -0.2) is 0 Å². The Hall–Kier alpha value is -5.45. The number of carbonyl (C=O) groups excluding carboxylic acids is 6. The molecule has 12 nitrogen and oxygen atoms in total. The van der Waals surface area contributed by atoms with Crippen molar-refractivity contribution in [2.75, 3.05) is 0 Å². The van der Waals surface area contributed by atoms with Crippen molar-refractivity contribution in [1.82, 2.24) is 31.9 Å². The predicted molar refractivity (Wildman–Crippen MR) is 342 cm³/mol. The van der Waals surface area contributed by atoms with Gasteiger partial charge in [0.2, 0.25) is 0 Å². The molecule has 0 atom stereocenters. The molecule has 0 radical (unpaired) electrons. The van der Waals surface area contributed by atoms with Gasteiger partial charge in [-0.15, -0.1) is 0 Å². The molecule has 0 unspecified atom stereocenters. The minimum atomic E-state index is -3.26. The average Bonchev–Trinajstić information content (AvgIpc) is 3.57. The van der Waals surface area contributed by atoms with Crippen molar-refractivity contribution in [3.8, 4) is 0 Å². The number of carbonyl (C=O) groups is 6. The van der Waals surface area contributed by atoms with Crippen molar-refractivity contribution in [3.05, 3.63) is 274 Å². The van der Waals surface area contributed by atoms with E-state index < -0.39 is 56.5 Å². The van der Waals surface area contributed by atoms with Crippen LogP contribution in [0, 0.1) is 0 Å². The molecule has 6 N–H and O–H groups in total. The summed E-state index contributed by atoms with van der Waals surface area (Å²) in [5, 5.41) is 16.0. The van der Waals surface area contributed by atoms with E-state index in [0.717, 1.165) is 29.4 Å². The summed E-state index contributed by atoms with van der Waals surface area (Å²) in [6, 6.07) is 52.8. The summed E-state index contributed by atoms with van der Waals surface area (Å²) < 4.78 is 3.70. The molecule has 0 aromatic heterocycles. The van der Waals surface area contributed by atoms with Crippen LogP contribution < -0.4 is 41.7 Å². The fourth-order valence-corrected chi connectivity index (χ4v) is 73.8. The fourth-order valence-electron chi connectivity index (χ4n) is 6.90. The van der Waals surface area contributed by atoms with Crippen LogP contribution in [0.3, 0.4) is 0 Å². The van der Waals surface area contributed by atoms with E-state index in [1.807, 2.05) is 197 Å². The van der Waals surface area contributed by atoms with Crippen LogP contribution in [0.4, 0.5) is 0 Å². The van der Waals surface area contributed by atoms with Crippen LogP contribution >= 0.6 is 51.1 Å². The maximum absolute atomic E-state index is 12.9. The molecule has 0 aliphatic carbocycles. The molecule has 6 amide bonds. The van der Waals surface area contributed by atoms with Gasteiger partial charge in [0, 0.05) is 0 Å². The zero-order valence-corrected chi connectivity index (χ0v) is 58.4. The molecule has 0 aliphatic rings. The minimum absolute atomic E-state index is 0.260. The normalized spacial score (nSPS) is 10.7. The molecule has 408 valence electrons. The third-order valence-corrected chi connectivity index (χ3v) is 71.8. The number of nitrogens with one attached hydrogen (secondary N) is 6. The van der Waals surface area contributed by atoms with Crippen molar-refractivity contribution >= 4 is 153 Å². The van der Waals surface area contributed by atoms with E-state index in [0.29, 0.717) is 33.4 Å². The van der Waals surface area contributed by atoms with Gasteiger partial charge in [0.25, 0.3) is 0 Å². The Labute approximate surface area is 510 Å². The first-order valence-electron chi connectivity index (χ1n) is 24.1. The van der Waals surface area contributed by atoms with Gasteiger partial charge >= 0.3 is 517 Å². The Morgan fingerprint density at radius 1 is 0.259 bits per heavy atom. The van der Waals surface area contributed by atoms with Gasteiger partial charge in [0.15, 0.2) is 0 Å². The molecule has 0 bridgehead atoms. The number of hydrogen-bond acceptors (Lipinski definition) is 12. The van der Waals surface area contributed by atoms with E-state index >= 15 is 0 Å². The van der Waals surface area contributed by atoms with Gasteiger partial charge in [-0.3, -0.25) is 0 Å². The summed E-state index contributed by atoms with van der Waals surface area (Å²) in [7, 11) is 11.0. The van der Waals surface area contributed by atoms with Crippen molar-refractivity contribution < 1.29 is 28.8 Å². The zero-order chi connectivity index (χ0) is 57.7. The molecule has 7 aromatic carbocycles. The molecule has 0 aliphatic heterocycles. The molecule has 7 aromatic rings. The summed E-state index contributed by atoms with van der Waals surface area (Å²) in [6.07, 6.45) is 8.16. The SMILES string of the molecule is C=CNC(=O)c1ccc([S][Bi]([S]c2ccc(C(=O)NC=C)cc2)[c]2c[c]([Bi]([S]c3ccc(C(=O)NC=C)cc3)[S]c3ccc(C(=O)NC=C)cc3)c[c]([Bi]([S]c3ccc(C(=O)NC=C)cc3)[S]c3ccc(C(=O)NC=C)cc3)c2)cc1. The molecule has 0 saturated heterocycles. The quantitative estimate of drug-likeness (QED) is 0.0269. The van der Waals surface area contributed by atoms with Gasteiger partial charge in [0.1, 0.15) is 0 Å². The van der Waals surface area contributed by atoms with Crippen LogP contribution in [-0.2, 0) is 0 Å². The summed E-state index contributed by atoms with van der Waals surface area (Å²) in [6.45, 7) is 21.9. The molecule has 7 rings (SSSR count). The monoisotopic (exact) mass is 1770 g/mol. The molecular weight excluding hydrogens is 1720 g/mol. The zero-order valence-electron chi connectivity index (χ0n) is 43.0. The summed E-state index contributed by atoms with van der Waals surface area (Å²) in [5.41, 5.74) is 3.00. The summed E-state index contributed by atoms with van der Waals surface area (Å²) in [4.78, 5) is 83.3. The first-order chi connectivity index (χ1) is 39.3. The van der Waals surface area contributed by atoms with Crippen molar-refractivity contribution in [2.24, 2.45) is 0 Å². The summed E-state index contributed by atoms with van der Waals surface area (Å²) >= 11 is -9.77. The number of hydrogen-bond donors (Lipinski definition) is 6. The van der Waals surface area contributed by atoms with E-state index in [9.17, 15) is 28.8 Å². The van der Waals surface area contributed by atoms with E-state index in [1.165, 1.54) is 47.0 Å². The average molecular weight is 1770 g/mol. The first kappa shape index (κ1) is 63.1. The van der Waals surface area contributed by atoms with Crippen molar-refractivity contribution in [1.29, 1.82) is 0 Å². The van der Waals surface area contributed by atoms with Crippen LogP contribution in [0.2, 0.25) is 0 Å². The van der Waals surface area contributed by atoms with Crippen LogP contribution in [-0.4, -0.2) is 91.9 Å². The number of benzene rings is 7. The molecule has 0 fully saturated rings. The van der Waals surface area contributed by atoms with E-state index in [2.05, 4.69) is 89.6 Å². The van der Waals surface area contributed by atoms with Gasteiger partial charge < -0.3 is 0 Å². The second kappa shape index (κ2) is 32.4. The second-order valence-corrected chi connectivity index (χ2v) is 70.3. The Balaban J connectivity index is 1.44. The predicted octanol–water partition coefficient (Wildman–Crippen LogP) is 10.8. The Morgan fingerprint density at radius 2 is 0.395 bits per heavy atom. The molecule has 0 heterocycles. The van der Waals surface area contributed by atoms with Crippen molar-refractivity contribution in [3.63, 3.8) is 0 Å². The fraction of sp³-hybridized carbons (Fsp3) is 0. The third kappa shape index (κ3) is 18.8. The van der Waals surface area contributed by atoms with Gasteiger partial charge in [-0.05, 0) is 0 Å². The number of amides is 6. The molecule has 0 spiro atoms. The topological polar surface area (TPSA) is 175 Å². The van der Waals surface area contributed by atoms with Crippen LogP contribution in [0.25, 0.3) is 0 Å².